The number of hydrogen-bond donors (Lipinski definition) is 3. The molecule has 2 aromatic carbocycles. The third-order valence-corrected chi connectivity index (χ3v) is 6.02. The summed E-state index contributed by atoms with van der Waals surface area (Å²) in [4.78, 5) is 23.3. The first-order valence-electron chi connectivity index (χ1n) is 10.0. The van der Waals surface area contributed by atoms with Gasteiger partial charge in [0.15, 0.2) is 0 Å². The molecule has 0 radical (unpaired) electrons. The molecule has 0 heterocycles. The molecule has 0 bridgehead atoms. The number of ether oxygens (including phenoxy) is 1. The van der Waals surface area contributed by atoms with Crippen molar-refractivity contribution in [3.05, 3.63) is 60.2 Å². The maximum atomic E-state index is 12.5. The van der Waals surface area contributed by atoms with Gasteiger partial charge in [-0.05, 0) is 50.1 Å². The van der Waals surface area contributed by atoms with Crippen molar-refractivity contribution in [3.63, 3.8) is 0 Å². The van der Waals surface area contributed by atoms with E-state index in [4.69, 9.17) is 4.74 Å². The third kappa shape index (κ3) is 8.12. The van der Waals surface area contributed by atoms with E-state index in [9.17, 15) is 18.0 Å². The molecule has 0 aromatic heterocycles. The lowest BCUT2D eigenvalue weighted by Gasteiger charge is -2.16. The summed E-state index contributed by atoms with van der Waals surface area (Å²) >= 11 is 0. The Morgan fingerprint density at radius 1 is 1.00 bits per heavy atom. The second-order valence-electron chi connectivity index (χ2n) is 7.12. The van der Waals surface area contributed by atoms with Crippen molar-refractivity contribution in [2.75, 3.05) is 18.5 Å². The highest BCUT2D eigenvalue weighted by atomic mass is 32.2. The summed E-state index contributed by atoms with van der Waals surface area (Å²) in [6.07, 6.45) is 0.562. The van der Waals surface area contributed by atoms with Crippen molar-refractivity contribution in [1.29, 1.82) is 0 Å². The Balaban J connectivity index is 1.75. The van der Waals surface area contributed by atoms with E-state index in [0.717, 1.165) is 5.56 Å². The van der Waals surface area contributed by atoms with Gasteiger partial charge in [0.25, 0.3) is 0 Å². The molecule has 0 aliphatic heterocycles. The molecule has 9 heteroatoms. The normalized spacial score (nSPS) is 13.3. The first-order chi connectivity index (χ1) is 14.7. The molecule has 2 rings (SSSR count). The summed E-state index contributed by atoms with van der Waals surface area (Å²) in [6, 6.07) is 14.6. The van der Waals surface area contributed by atoms with Crippen LogP contribution in [0, 0.1) is 0 Å². The fourth-order valence-electron chi connectivity index (χ4n) is 2.79. The van der Waals surface area contributed by atoms with Crippen LogP contribution in [-0.4, -0.2) is 39.4 Å². The minimum Gasteiger partial charge on any atom is -0.374 e. The fourth-order valence-corrected chi connectivity index (χ4v) is 4.00. The third-order valence-electron chi connectivity index (χ3n) is 4.47. The van der Waals surface area contributed by atoms with Gasteiger partial charge in [0.2, 0.25) is 21.8 Å². The molecule has 8 nitrogen and oxygen atoms in total. The highest BCUT2D eigenvalue weighted by Gasteiger charge is 2.21. The SMILES string of the molecule is CC(=O)Nc1ccc(S(=O)(=O)N[C@@H](C)C(=O)NCCCOC(C)c2ccccc2)cc1. The molecule has 31 heavy (non-hydrogen) atoms. The smallest absolute Gasteiger partial charge is 0.241 e. The van der Waals surface area contributed by atoms with Crippen molar-refractivity contribution in [1.82, 2.24) is 10.0 Å². The van der Waals surface area contributed by atoms with Gasteiger partial charge in [0.1, 0.15) is 0 Å². The van der Waals surface area contributed by atoms with Crippen LogP contribution in [0.15, 0.2) is 59.5 Å². The molecule has 0 saturated heterocycles. The molecule has 2 aromatic rings. The molecule has 0 aliphatic rings. The molecule has 0 aliphatic carbocycles. The molecule has 1 unspecified atom stereocenters. The highest BCUT2D eigenvalue weighted by Crippen LogP contribution is 2.16. The van der Waals surface area contributed by atoms with Gasteiger partial charge in [-0.1, -0.05) is 30.3 Å². The maximum Gasteiger partial charge on any atom is 0.241 e. The maximum absolute atomic E-state index is 12.5. The van der Waals surface area contributed by atoms with E-state index in [1.807, 2.05) is 37.3 Å². The van der Waals surface area contributed by atoms with Gasteiger partial charge < -0.3 is 15.4 Å². The number of sulfonamides is 1. The minimum atomic E-state index is -3.88. The standard InChI is InChI=1S/C22H29N3O5S/c1-16(25-31(28,29)21-12-10-20(11-13-21)24-18(3)26)22(27)23-14-7-15-30-17(2)19-8-5-4-6-9-19/h4-6,8-13,16-17,25H,7,14-15H2,1-3H3,(H,23,27)(H,24,26)/t16-,17?/m0/s1. The molecule has 3 N–H and O–H groups in total. The van der Waals surface area contributed by atoms with E-state index in [1.54, 1.807) is 0 Å². The summed E-state index contributed by atoms with van der Waals surface area (Å²) in [5, 5.41) is 5.27. The predicted molar refractivity (Wildman–Crippen MR) is 119 cm³/mol. The molecular formula is C22H29N3O5S. The van der Waals surface area contributed by atoms with E-state index in [2.05, 4.69) is 15.4 Å². The highest BCUT2D eigenvalue weighted by molar-refractivity contribution is 7.89. The van der Waals surface area contributed by atoms with Crippen LogP contribution in [0.5, 0.6) is 0 Å². The lowest BCUT2D eigenvalue weighted by molar-refractivity contribution is -0.122. The van der Waals surface area contributed by atoms with Crippen LogP contribution in [-0.2, 0) is 24.3 Å². The van der Waals surface area contributed by atoms with Gasteiger partial charge in [-0.2, -0.15) is 4.72 Å². The minimum absolute atomic E-state index is 0.00421. The molecule has 0 saturated carbocycles. The van der Waals surface area contributed by atoms with Gasteiger partial charge >= 0.3 is 0 Å². The Labute approximate surface area is 183 Å². The average Bonchev–Trinajstić information content (AvgIpc) is 2.73. The van der Waals surface area contributed by atoms with Crippen molar-refractivity contribution in [2.45, 2.75) is 44.2 Å². The van der Waals surface area contributed by atoms with Crippen LogP contribution >= 0.6 is 0 Å². The Morgan fingerprint density at radius 2 is 1.65 bits per heavy atom. The summed E-state index contributed by atoms with van der Waals surface area (Å²) in [5.74, 6) is -0.673. The number of carbonyl (C=O) groups excluding carboxylic acids is 2. The van der Waals surface area contributed by atoms with Gasteiger partial charge in [-0.15, -0.1) is 0 Å². The largest absolute Gasteiger partial charge is 0.374 e. The van der Waals surface area contributed by atoms with Gasteiger partial charge in [-0.3, -0.25) is 9.59 Å². The lowest BCUT2D eigenvalue weighted by Crippen LogP contribution is -2.45. The van der Waals surface area contributed by atoms with Crippen LogP contribution < -0.4 is 15.4 Å². The van der Waals surface area contributed by atoms with Gasteiger partial charge in [0, 0.05) is 25.8 Å². The zero-order chi connectivity index (χ0) is 22.9. The Morgan fingerprint density at radius 3 is 2.26 bits per heavy atom. The summed E-state index contributed by atoms with van der Waals surface area (Å²) < 4.78 is 33.0. The van der Waals surface area contributed by atoms with Crippen molar-refractivity contribution in [2.24, 2.45) is 0 Å². The van der Waals surface area contributed by atoms with Gasteiger partial charge in [0.05, 0.1) is 17.0 Å². The molecule has 2 amide bonds. The van der Waals surface area contributed by atoms with Crippen LogP contribution in [0.2, 0.25) is 0 Å². The summed E-state index contributed by atoms with van der Waals surface area (Å²) in [6.45, 7) is 5.65. The fraction of sp³-hybridized carbons (Fsp3) is 0.364. The second kappa shape index (κ2) is 11.6. The van der Waals surface area contributed by atoms with Crippen LogP contribution in [0.25, 0.3) is 0 Å². The number of amides is 2. The molecule has 2 atom stereocenters. The molecular weight excluding hydrogens is 418 g/mol. The average molecular weight is 448 g/mol. The van der Waals surface area contributed by atoms with E-state index in [1.165, 1.54) is 38.1 Å². The Kier molecular flexibility index (Phi) is 9.17. The van der Waals surface area contributed by atoms with E-state index >= 15 is 0 Å². The van der Waals surface area contributed by atoms with Crippen LogP contribution in [0.3, 0.4) is 0 Å². The van der Waals surface area contributed by atoms with Crippen molar-refractivity contribution >= 4 is 27.5 Å². The second-order valence-corrected chi connectivity index (χ2v) is 8.83. The lowest BCUT2D eigenvalue weighted by atomic mass is 10.1. The number of rotatable bonds is 11. The molecule has 168 valence electrons. The Hall–Kier alpha value is -2.75. The quantitative estimate of drug-likeness (QED) is 0.458. The first-order valence-corrected chi connectivity index (χ1v) is 11.5. The predicted octanol–water partition coefficient (Wildman–Crippen LogP) is 2.60. The van der Waals surface area contributed by atoms with Crippen LogP contribution in [0.1, 0.15) is 38.9 Å². The number of nitrogens with one attached hydrogen (secondary N) is 3. The van der Waals surface area contributed by atoms with E-state index in [0.29, 0.717) is 25.3 Å². The molecule has 0 fully saturated rings. The van der Waals surface area contributed by atoms with Crippen molar-refractivity contribution < 1.29 is 22.7 Å². The molecule has 0 spiro atoms. The zero-order valence-corrected chi connectivity index (χ0v) is 18.7. The Bertz CT molecular complexity index is 962. The summed E-state index contributed by atoms with van der Waals surface area (Å²) in [5.41, 5.74) is 1.57. The van der Waals surface area contributed by atoms with Crippen LogP contribution in [0.4, 0.5) is 5.69 Å². The van der Waals surface area contributed by atoms with E-state index < -0.39 is 22.0 Å². The number of carbonyl (C=O) groups is 2. The summed E-state index contributed by atoms with van der Waals surface area (Å²) in [7, 11) is -3.88. The first kappa shape index (κ1) is 24.5. The number of hydrogen-bond acceptors (Lipinski definition) is 5. The number of benzene rings is 2. The van der Waals surface area contributed by atoms with Crippen molar-refractivity contribution in [3.8, 4) is 0 Å². The van der Waals surface area contributed by atoms with E-state index in [-0.39, 0.29) is 16.9 Å². The monoisotopic (exact) mass is 447 g/mol. The number of anilines is 1. The topological polar surface area (TPSA) is 114 Å². The van der Waals surface area contributed by atoms with Gasteiger partial charge in [-0.25, -0.2) is 8.42 Å². The zero-order valence-electron chi connectivity index (χ0n) is 17.9.